The average molecular weight is 199 g/mol. The summed E-state index contributed by atoms with van der Waals surface area (Å²) in [5, 5.41) is 3.63. The number of methoxy groups -OCH3 is 1. The van der Waals surface area contributed by atoms with Crippen LogP contribution in [0.1, 0.15) is 51.9 Å². The SMILES string of the molecule is CCCCCNC1CCCCC1OC. The van der Waals surface area contributed by atoms with Crippen LogP contribution >= 0.6 is 0 Å². The minimum atomic E-state index is 0.463. The molecule has 2 atom stereocenters. The normalized spacial score (nSPS) is 27.9. The van der Waals surface area contributed by atoms with Crippen molar-refractivity contribution in [1.29, 1.82) is 0 Å². The maximum atomic E-state index is 5.50. The van der Waals surface area contributed by atoms with E-state index in [0.717, 1.165) is 0 Å². The number of nitrogens with one attached hydrogen (secondary N) is 1. The van der Waals surface area contributed by atoms with Crippen molar-refractivity contribution >= 4 is 0 Å². The van der Waals surface area contributed by atoms with Crippen molar-refractivity contribution < 1.29 is 4.74 Å². The van der Waals surface area contributed by atoms with E-state index < -0.39 is 0 Å². The number of rotatable bonds is 6. The lowest BCUT2D eigenvalue weighted by atomic mass is 9.92. The molecule has 1 aliphatic carbocycles. The van der Waals surface area contributed by atoms with E-state index in [1.165, 1.54) is 51.5 Å². The Hall–Kier alpha value is -0.0800. The van der Waals surface area contributed by atoms with Gasteiger partial charge in [0.25, 0.3) is 0 Å². The van der Waals surface area contributed by atoms with E-state index in [-0.39, 0.29) is 0 Å². The maximum absolute atomic E-state index is 5.50. The van der Waals surface area contributed by atoms with Crippen LogP contribution in [0.15, 0.2) is 0 Å². The molecule has 2 unspecified atom stereocenters. The second kappa shape index (κ2) is 7.24. The van der Waals surface area contributed by atoms with Crippen LogP contribution in [0.3, 0.4) is 0 Å². The fraction of sp³-hybridized carbons (Fsp3) is 1.00. The highest BCUT2D eigenvalue weighted by atomic mass is 16.5. The van der Waals surface area contributed by atoms with Crippen molar-refractivity contribution in [1.82, 2.24) is 5.32 Å². The van der Waals surface area contributed by atoms with Crippen LogP contribution in [0.5, 0.6) is 0 Å². The lowest BCUT2D eigenvalue weighted by molar-refractivity contribution is 0.0419. The summed E-state index contributed by atoms with van der Waals surface area (Å²) >= 11 is 0. The molecular formula is C12H25NO. The quantitative estimate of drug-likeness (QED) is 0.664. The first kappa shape index (κ1) is 12.0. The first-order valence-corrected chi connectivity index (χ1v) is 6.14. The van der Waals surface area contributed by atoms with Crippen LogP contribution in [0, 0.1) is 0 Å². The van der Waals surface area contributed by atoms with E-state index in [1.807, 2.05) is 7.11 Å². The van der Waals surface area contributed by atoms with Crippen LogP contribution in [0.2, 0.25) is 0 Å². The molecule has 1 saturated carbocycles. The summed E-state index contributed by atoms with van der Waals surface area (Å²) in [7, 11) is 1.84. The van der Waals surface area contributed by atoms with E-state index >= 15 is 0 Å². The van der Waals surface area contributed by atoms with Crippen LogP contribution in [-0.4, -0.2) is 25.8 Å². The Labute approximate surface area is 88.4 Å². The zero-order chi connectivity index (χ0) is 10.2. The van der Waals surface area contributed by atoms with Gasteiger partial charge in [0.05, 0.1) is 6.10 Å². The third-order valence-corrected chi connectivity index (χ3v) is 3.19. The summed E-state index contributed by atoms with van der Waals surface area (Å²) in [6, 6.07) is 0.616. The van der Waals surface area contributed by atoms with Crippen molar-refractivity contribution in [2.45, 2.75) is 64.0 Å². The van der Waals surface area contributed by atoms with Gasteiger partial charge in [-0.15, -0.1) is 0 Å². The van der Waals surface area contributed by atoms with E-state index in [4.69, 9.17) is 4.74 Å². The Kier molecular flexibility index (Phi) is 6.20. The Bertz CT molecular complexity index is 138. The van der Waals surface area contributed by atoms with Gasteiger partial charge in [0.2, 0.25) is 0 Å². The molecule has 0 saturated heterocycles. The summed E-state index contributed by atoms with van der Waals surface area (Å²) in [5.41, 5.74) is 0. The summed E-state index contributed by atoms with van der Waals surface area (Å²) < 4.78 is 5.50. The van der Waals surface area contributed by atoms with E-state index in [2.05, 4.69) is 12.2 Å². The predicted octanol–water partition coefficient (Wildman–Crippen LogP) is 2.72. The molecule has 1 N–H and O–H groups in total. The first-order valence-electron chi connectivity index (χ1n) is 6.14. The summed E-state index contributed by atoms with van der Waals surface area (Å²) in [6.45, 7) is 3.41. The topological polar surface area (TPSA) is 21.3 Å². The minimum absolute atomic E-state index is 0.463. The first-order chi connectivity index (χ1) is 6.88. The zero-order valence-corrected chi connectivity index (χ0v) is 9.72. The molecule has 0 heterocycles. The monoisotopic (exact) mass is 199 g/mol. The van der Waals surface area contributed by atoms with Crippen molar-refractivity contribution in [3.8, 4) is 0 Å². The van der Waals surface area contributed by atoms with Crippen LogP contribution < -0.4 is 5.32 Å². The smallest absolute Gasteiger partial charge is 0.0724 e. The van der Waals surface area contributed by atoms with Crippen molar-refractivity contribution in [2.75, 3.05) is 13.7 Å². The Morgan fingerprint density at radius 3 is 2.71 bits per heavy atom. The molecule has 0 bridgehead atoms. The third kappa shape index (κ3) is 3.97. The highest BCUT2D eigenvalue weighted by Gasteiger charge is 2.23. The molecule has 84 valence electrons. The number of hydrogen-bond donors (Lipinski definition) is 1. The molecule has 0 spiro atoms. The summed E-state index contributed by atoms with van der Waals surface area (Å²) in [5.74, 6) is 0. The Morgan fingerprint density at radius 2 is 2.00 bits per heavy atom. The summed E-state index contributed by atoms with van der Waals surface area (Å²) in [6.07, 6.45) is 9.66. The van der Waals surface area contributed by atoms with Gasteiger partial charge in [-0.3, -0.25) is 0 Å². The standard InChI is InChI=1S/C12H25NO/c1-3-4-7-10-13-11-8-5-6-9-12(11)14-2/h11-13H,3-10H2,1-2H3. The highest BCUT2D eigenvalue weighted by molar-refractivity contribution is 4.81. The second-order valence-corrected chi connectivity index (χ2v) is 4.33. The van der Waals surface area contributed by atoms with Gasteiger partial charge < -0.3 is 10.1 Å². The van der Waals surface area contributed by atoms with Gasteiger partial charge in [0.1, 0.15) is 0 Å². The van der Waals surface area contributed by atoms with E-state index in [9.17, 15) is 0 Å². The number of hydrogen-bond acceptors (Lipinski definition) is 2. The fourth-order valence-corrected chi connectivity index (χ4v) is 2.27. The van der Waals surface area contributed by atoms with Gasteiger partial charge in [0, 0.05) is 13.2 Å². The Morgan fingerprint density at radius 1 is 1.21 bits per heavy atom. The van der Waals surface area contributed by atoms with Crippen LogP contribution in [0.4, 0.5) is 0 Å². The molecule has 2 nitrogen and oxygen atoms in total. The molecule has 0 aliphatic heterocycles. The molecule has 0 aromatic carbocycles. The predicted molar refractivity (Wildman–Crippen MR) is 60.6 cm³/mol. The van der Waals surface area contributed by atoms with Crippen LogP contribution in [0.25, 0.3) is 0 Å². The number of ether oxygens (including phenoxy) is 1. The third-order valence-electron chi connectivity index (χ3n) is 3.19. The molecule has 0 radical (unpaired) electrons. The minimum Gasteiger partial charge on any atom is -0.380 e. The molecule has 0 amide bonds. The molecule has 1 aliphatic rings. The largest absolute Gasteiger partial charge is 0.380 e. The van der Waals surface area contributed by atoms with Crippen molar-refractivity contribution in [3.63, 3.8) is 0 Å². The van der Waals surface area contributed by atoms with Gasteiger partial charge >= 0.3 is 0 Å². The van der Waals surface area contributed by atoms with Gasteiger partial charge in [-0.1, -0.05) is 32.6 Å². The lowest BCUT2D eigenvalue weighted by Crippen LogP contribution is -2.43. The molecule has 0 aromatic heterocycles. The second-order valence-electron chi connectivity index (χ2n) is 4.33. The van der Waals surface area contributed by atoms with Crippen molar-refractivity contribution in [3.05, 3.63) is 0 Å². The van der Waals surface area contributed by atoms with Gasteiger partial charge in [-0.2, -0.15) is 0 Å². The van der Waals surface area contributed by atoms with Gasteiger partial charge in [-0.25, -0.2) is 0 Å². The molecule has 1 rings (SSSR count). The molecular weight excluding hydrogens is 174 g/mol. The van der Waals surface area contributed by atoms with Gasteiger partial charge in [-0.05, 0) is 25.8 Å². The molecule has 2 heteroatoms. The molecule has 1 fully saturated rings. The number of unbranched alkanes of at least 4 members (excludes halogenated alkanes) is 2. The average Bonchev–Trinajstić information content (AvgIpc) is 2.25. The lowest BCUT2D eigenvalue weighted by Gasteiger charge is -2.31. The molecule has 0 aromatic rings. The van der Waals surface area contributed by atoms with Crippen molar-refractivity contribution in [2.24, 2.45) is 0 Å². The van der Waals surface area contributed by atoms with Gasteiger partial charge in [0.15, 0.2) is 0 Å². The highest BCUT2D eigenvalue weighted by Crippen LogP contribution is 2.20. The maximum Gasteiger partial charge on any atom is 0.0724 e. The summed E-state index contributed by atoms with van der Waals surface area (Å²) in [4.78, 5) is 0. The van der Waals surface area contributed by atoms with E-state index in [0.29, 0.717) is 12.1 Å². The molecule has 14 heavy (non-hydrogen) atoms. The van der Waals surface area contributed by atoms with Crippen LogP contribution in [-0.2, 0) is 4.74 Å². The zero-order valence-electron chi connectivity index (χ0n) is 9.72. The fourth-order valence-electron chi connectivity index (χ4n) is 2.27. The Balaban J connectivity index is 2.13. The van der Waals surface area contributed by atoms with E-state index in [1.54, 1.807) is 0 Å².